The van der Waals surface area contributed by atoms with Gasteiger partial charge < -0.3 is 8.98 Å². The van der Waals surface area contributed by atoms with Crippen molar-refractivity contribution in [3.8, 4) is 51.0 Å². The Morgan fingerprint density at radius 2 is 1.04 bits per heavy atom. The molecule has 10 aromatic rings. The van der Waals surface area contributed by atoms with E-state index in [1.165, 1.54) is 0 Å². The number of rotatable bonds is 5. The number of hydrogen-bond donors (Lipinski definition) is 0. The van der Waals surface area contributed by atoms with E-state index >= 15 is 0 Å². The molecule has 7 aromatic carbocycles. The van der Waals surface area contributed by atoms with Gasteiger partial charge in [-0.3, -0.25) is 0 Å². The van der Waals surface area contributed by atoms with Crippen molar-refractivity contribution in [1.29, 1.82) is 0 Å². The summed E-state index contributed by atoms with van der Waals surface area (Å²) in [4.78, 5) is 14.6. The summed E-state index contributed by atoms with van der Waals surface area (Å²) in [6.45, 7) is 0. The van der Waals surface area contributed by atoms with Gasteiger partial charge in [0.05, 0.1) is 30.1 Å². The van der Waals surface area contributed by atoms with Crippen molar-refractivity contribution >= 4 is 43.7 Å². The molecular formula is C45H28N4O. The van der Waals surface area contributed by atoms with Gasteiger partial charge in [-0.25, -0.2) is 15.0 Å². The number of aromatic nitrogens is 4. The van der Waals surface area contributed by atoms with Gasteiger partial charge in [-0.15, -0.1) is 0 Å². The van der Waals surface area contributed by atoms with Crippen LogP contribution in [0.15, 0.2) is 174 Å². The minimum atomic E-state index is -0.528. The maximum absolute atomic E-state index is 9.21. The number of fused-ring (bicyclic) bond motifs is 7. The molecule has 3 aromatic heterocycles. The average molecular weight is 651 g/mol. The molecule has 0 aliphatic heterocycles. The number of hydrogen-bond acceptors (Lipinski definition) is 4. The van der Waals surface area contributed by atoms with E-state index in [0.29, 0.717) is 34.3 Å². The van der Waals surface area contributed by atoms with Crippen LogP contribution in [0.3, 0.4) is 0 Å². The summed E-state index contributed by atoms with van der Waals surface area (Å²) in [7, 11) is 0. The largest absolute Gasteiger partial charge is 0.456 e. The van der Waals surface area contributed by atoms with E-state index in [1.807, 2.05) is 97.1 Å². The second-order valence-electron chi connectivity index (χ2n) is 11.7. The quantitative estimate of drug-likeness (QED) is 0.186. The van der Waals surface area contributed by atoms with Crippen molar-refractivity contribution in [1.82, 2.24) is 19.5 Å². The maximum Gasteiger partial charge on any atom is 0.164 e. The van der Waals surface area contributed by atoms with Crippen LogP contribution >= 0.6 is 0 Å². The van der Waals surface area contributed by atoms with Crippen LogP contribution in [0.1, 0.15) is 13.7 Å². The van der Waals surface area contributed by atoms with Crippen LogP contribution in [0.4, 0.5) is 0 Å². The van der Waals surface area contributed by atoms with Gasteiger partial charge in [-0.05, 0) is 53.5 Å². The summed E-state index contributed by atoms with van der Waals surface area (Å²) in [5.41, 5.74) is 4.08. The van der Waals surface area contributed by atoms with Crippen LogP contribution in [0.25, 0.3) is 94.7 Å². The van der Waals surface area contributed by atoms with Gasteiger partial charge in [-0.1, -0.05) is 127 Å². The fourth-order valence-corrected chi connectivity index (χ4v) is 6.47. The van der Waals surface area contributed by atoms with E-state index in [0.717, 1.165) is 16.7 Å². The molecule has 5 nitrogen and oxygen atoms in total. The summed E-state index contributed by atoms with van der Waals surface area (Å²) in [5.74, 6) is 1.47. The van der Waals surface area contributed by atoms with Gasteiger partial charge in [0.2, 0.25) is 0 Å². The summed E-state index contributed by atoms with van der Waals surface area (Å²) < 4.78 is 95.6. The molecule has 0 unspecified atom stereocenters. The first-order chi connectivity index (χ1) is 28.9. The third-order valence-electron chi connectivity index (χ3n) is 8.73. The molecular weight excluding hydrogens is 613 g/mol. The molecule has 0 saturated heterocycles. The van der Waals surface area contributed by atoms with Gasteiger partial charge >= 0.3 is 0 Å². The molecule has 5 heteroatoms. The third-order valence-corrected chi connectivity index (χ3v) is 8.73. The molecule has 0 atom stereocenters. The van der Waals surface area contributed by atoms with Crippen molar-refractivity contribution in [2.24, 2.45) is 0 Å². The molecule has 234 valence electrons. The lowest BCUT2D eigenvalue weighted by Crippen LogP contribution is -2.00. The normalized spacial score (nSPS) is 14.4. The lowest BCUT2D eigenvalue weighted by molar-refractivity contribution is 0.669. The first-order valence-electron chi connectivity index (χ1n) is 20.9. The fourth-order valence-electron chi connectivity index (χ4n) is 6.47. The highest BCUT2D eigenvalue weighted by Crippen LogP contribution is 2.41. The zero-order chi connectivity index (χ0) is 41.7. The van der Waals surface area contributed by atoms with Gasteiger partial charge in [0.1, 0.15) is 11.2 Å². The highest BCUT2D eigenvalue weighted by molar-refractivity contribution is 6.24. The first-order valence-corrected chi connectivity index (χ1v) is 15.9. The Morgan fingerprint density at radius 3 is 1.78 bits per heavy atom. The van der Waals surface area contributed by atoms with E-state index in [9.17, 15) is 1.37 Å². The standard InChI is InChI=1S/C45H28N4O/c1-3-13-29(14-4-1)43-46-44(30-15-5-2-6-16-30)48-45(47-43)33-19-11-17-31(27-33)32-18-12-20-34(28-32)49-38-23-9-7-21-35(38)36-25-26-40-41(42(36)49)37-22-8-10-24-39(37)50-40/h1-28H/i7D,8D,9D,10D,21D,22D,23D,24D,25D,26D. The van der Waals surface area contributed by atoms with Crippen molar-refractivity contribution in [2.45, 2.75) is 0 Å². The number of nitrogens with zero attached hydrogens (tertiary/aromatic N) is 4. The predicted molar refractivity (Wildman–Crippen MR) is 203 cm³/mol. The Balaban J connectivity index is 1.24. The second-order valence-corrected chi connectivity index (χ2v) is 11.7. The SMILES string of the molecule is [2H]c1c([2H])c([2H])c2c(oc3c([2H])c([2H])c4c5c([2H])c([2H])c([2H])c([2H])c5n(-c5cccc(-c6cccc(-c7nc(-c8ccccc8)nc(-c8ccccc8)n7)c6)c5)c4c32)c1[2H]. The van der Waals surface area contributed by atoms with Gasteiger partial charge in [0.25, 0.3) is 0 Å². The second kappa shape index (κ2) is 11.4. The molecule has 0 saturated carbocycles. The molecule has 0 spiro atoms. The van der Waals surface area contributed by atoms with Crippen LogP contribution in [0.5, 0.6) is 0 Å². The minimum absolute atomic E-state index is 0.00253. The van der Waals surface area contributed by atoms with Gasteiger partial charge in [0, 0.05) is 38.5 Å². The Kier molecular flexibility index (Phi) is 4.52. The van der Waals surface area contributed by atoms with Crippen molar-refractivity contribution < 1.29 is 18.1 Å². The lowest BCUT2D eigenvalue weighted by Gasteiger charge is -2.12. The molecule has 0 aliphatic rings. The number of para-hydroxylation sites is 2. The summed E-state index contributed by atoms with van der Waals surface area (Å²) in [6, 6.07) is 29.7. The molecule has 0 fully saturated rings. The van der Waals surface area contributed by atoms with E-state index < -0.39 is 48.3 Å². The van der Waals surface area contributed by atoms with Crippen LogP contribution < -0.4 is 0 Å². The maximum atomic E-state index is 9.21. The van der Waals surface area contributed by atoms with Crippen LogP contribution in [-0.4, -0.2) is 19.5 Å². The highest BCUT2D eigenvalue weighted by Gasteiger charge is 2.19. The average Bonchev–Trinajstić information content (AvgIpc) is 3.87. The minimum Gasteiger partial charge on any atom is -0.456 e. The Bertz CT molecular complexity index is 3390. The molecule has 10 rings (SSSR count). The first kappa shape index (κ1) is 19.8. The predicted octanol–water partition coefficient (Wildman–Crippen LogP) is 11.5. The molecule has 0 N–H and O–H groups in total. The zero-order valence-corrected chi connectivity index (χ0v) is 26.1. The lowest BCUT2D eigenvalue weighted by atomic mass is 10.0. The Morgan fingerprint density at radius 1 is 0.460 bits per heavy atom. The third kappa shape index (κ3) is 4.60. The van der Waals surface area contributed by atoms with Crippen molar-refractivity contribution in [2.75, 3.05) is 0 Å². The topological polar surface area (TPSA) is 56.7 Å². The van der Waals surface area contributed by atoms with E-state index in [4.69, 9.17) is 31.7 Å². The number of furan rings is 1. The van der Waals surface area contributed by atoms with E-state index in [2.05, 4.69) is 0 Å². The van der Waals surface area contributed by atoms with Crippen molar-refractivity contribution in [3.05, 3.63) is 170 Å². The van der Waals surface area contributed by atoms with E-state index in [1.54, 1.807) is 16.7 Å². The fraction of sp³-hybridized carbons (Fsp3) is 0. The number of benzene rings is 7. The van der Waals surface area contributed by atoms with Crippen LogP contribution in [-0.2, 0) is 0 Å². The van der Waals surface area contributed by atoms with E-state index in [-0.39, 0.29) is 55.8 Å². The summed E-state index contributed by atoms with van der Waals surface area (Å²) >= 11 is 0. The molecule has 3 heterocycles. The Labute approximate surface area is 301 Å². The monoisotopic (exact) mass is 650 g/mol. The molecule has 0 aliphatic carbocycles. The Hall–Kier alpha value is -6.85. The zero-order valence-electron chi connectivity index (χ0n) is 36.1. The smallest absolute Gasteiger partial charge is 0.164 e. The van der Waals surface area contributed by atoms with Gasteiger partial charge in [0.15, 0.2) is 17.5 Å². The summed E-state index contributed by atoms with van der Waals surface area (Å²) in [5, 5.41) is 0.0825. The van der Waals surface area contributed by atoms with Gasteiger partial charge in [-0.2, -0.15) is 0 Å². The molecule has 0 radical (unpaired) electrons. The molecule has 0 bridgehead atoms. The van der Waals surface area contributed by atoms with Crippen LogP contribution in [0.2, 0.25) is 0 Å². The molecule has 0 amide bonds. The molecule has 50 heavy (non-hydrogen) atoms. The van der Waals surface area contributed by atoms with Crippen LogP contribution in [0, 0.1) is 0 Å². The summed E-state index contributed by atoms with van der Waals surface area (Å²) in [6.07, 6.45) is 0. The highest BCUT2D eigenvalue weighted by atomic mass is 16.3. The van der Waals surface area contributed by atoms with Crippen molar-refractivity contribution in [3.63, 3.8) is 0 Å².